The zero-order valence-corrected chi connectivity index (χ0v) is 13.5. The summed E-state index contributed by atoms with van der Waals surface area (Å²) in [6.45, 7) is 2.92. The molecular weight excluding hydrogens is 310 g/mol. The van der Waals surface area contributed by atoms with E-state index in [1.165, 1.54) is 19.2 Å². The van der Waals surface area contributed by atoms with E-state index in [2.05, 4.69) is 20.9 Å². The minimum atomic E-state index is -0.510. The number of hydrogen-bond acceptors (Lipinski definition) is 6. The van der Waals surface area contributed by atoms with Crippen LogP contribution in [0.4, 0.5) is 17.2 Å². The second-order valence-corrected chi connectivity index (χ2v) is 5.09. The predicted octanol–water partition coefficient (Wildman–Crippen LogP) is 2.18. The molecule has 8 nitrogen and oxygen atoms in total. The zero-order chi connectivity index (χ0) is 17.5. The minimum absolute atomic E-state index is 0.134. The molecule has 0 aliphatic carbocycles. The van der Waals surface area contributed by atoms with Gasteiger partial charge in [0.25, 0.3) is 11.6 Å². The molecule has 2 aromatic rings. The Morgan fingerprint density at radius 3 is 2.62 bits per heavy atom. The number of aromatic nitrogens is 1. The Bertz CT molecular complexity index is 748. The first-order valence-electron chi connectivity index (χ1n) is 7.43. The number of pyridine rings is 1. The molecule has 0 unspecified atom stereocenters. The van der Waals surface area contributed by atoms with E-state index in [4.69, 9.17) is 0 Å². The number of amides is 1. The quantitative estimate of drug-likeness (QED) is 0.408. The molecule has 8 heteroatoms. The number of nitro benzene ring substituents is 1. The maximum atomic E-state index is 11.6. The van der Waals surface area contributed by atoms with Gasteiger partial charge in [-0.1, -0.05) is 6.07 Å². The topological polar surface area (TPSA) is 109 Å². The van der Waals surface area contributed by atoms with Crippen LogP contribution in [0.1, 0.15) is 16.1 Å². The molecule has 0 bridgehead atoms. The van der Waals surface area contributed by atoms with Gasteiger partial charge in [0.2, 0.25) is 0 Å². The first-order valence-corrected chi connectivity index (χ1v) is 7.43. The van der Waals surface area contributed by atoms with E-state index in [9.17, 15) is 14.9 Å². The van der Waals surface area contributed by atoms with Crippen LogP contribution in [0.15, 0.2) is 36.4 Å². The zero-order valence-electron chi connectivity index (χ0n) is 13.5. The van der Waals surface area contributed by atoms with Gasteiger partial charge in [-0.25, -0.2) is 4.98 Å². The Balaban J connectivity index is 1.99. The number of carbonyl (C=O) groups excluding carboxylic acids is 1. The summed E-state index contributed by atoms with van der Waals surface area (Å²) in [5.74, 6) is 0.387. The fraction of sp³-hybridized carbons (Fsp3) is 0.250. The first-order chi connectivity index (χ1) is 11.5. The molecule has 0 spiro atoms. The smallest absolute Gasteiger partial charge is 0.293 e. The van der Waals surface area contributed by atoms with E-state index in [-0.39, 0.29) is 17.2 Å². The molecule has 1 aromatic carbocycles. The van der Waals surface area contributed by atoms with Crippen molar-refractivity contribution in [1.82, 2.24) is 10.3 Å². The van der Waals surface area contributed by atoms with Crippen LogP contribution in [0, 0.1) is 17.0 Å². The van der Waals surface area contributed by atoms with Gasteiger partial charge in [-0.15, -0.1) is 0 Å². The molecule has 1 heterocycles. The van der Waals surface area contributed by atoms with Gasteiger partial charge < -0.3 is 16.0 Å². The van der Waals surface area contributed by atoms with Crippen molar-refractivity contribution < 1.29 is 9.72 Å². The van der Waals surface area contributed by atoms with Crippen molar-refractivity contribution in [3.63, 3.8) is 0 Å². The van der Waals surface area contributed by atoms with Crippen molar-refractivity contribution >= 4 is 23.1 Å². The number of nitrogens with one attached hydrogen (secondary N) is 3. The molecule has 126 valence electrons. The van der Waals surface area contributed by atoms with Gasteiger partial charge in [0, 0.05) is 37.5 Å². The van der Waals surface area contributed by atoms with E-state index in [1.807, 2.05) is 25.1 Å². The average Bonchev–Trinajstić information content (AvgIpc) is 2.58. The Labute approximate surface area is 139 Å². The lowest BCUT2D eigenvalue weighted by Crippen LogP contribution is -2.18. The van der Waals surface area contributed by atoms with E-state index in [0.717, 1.165) is 11.5 Å². The van der Waals surface area contributed by atoms with Crippen molar-refractivity contribution in [2.75, 3.05) is 30.8 Å². The third-order valence-corrected chi connectivity index (χ3v) is 3.32. The highest BCUT2D eigenvalue weighted by Gasteiger charge is 2.16. The summed E-state index contributed by atoms with van der Waals surface area (Å²) in [6.07, 6.45) is 0. The Morgan fingerprint density at radius 2 is 1.96 bits per heavy atom. The van der Waals surface area contributed by atoms with Crippen molar-refractivity contribution in [3.05, 3.63) is 57.8 Å². The maximum Gasteiger partial charge on any atom is 0.293 e. The van der Waals surface area contributed by atoms with E-state index in [0.29, 0.717) is 18.8 Å². The molecule has 2 rings (SSSR count). The minimum Gasteiger partial charge on any atom is -0.378 e. The van der Waals surface area contributed by atoms with Crippen molar-refractivity contribution in [1.29, 1.82) is 0 Å². The molecule has 0 saturated carbocycles. The van der Waals surface area contributed by atoms with Gasteiger partial charge in [0.1, 0.15) is 11.5 Å². The highest BCUT2D eigenvalue weighted by Crippen LogP contribution is 2.25. The molecule has 0 fully saturated rings. The monoisotopic (exact) mass is 329 g/mol. The molecule has 1 amide bonds. The number of benzene rings is 1. The van der Waals surface area contributed by atoms with E-state index >= 15 is 0 Å². The number of rotatable bonds is 7. The summed E-state index contributed by atoms with van der Waals surface area (Å²) in [4.78, 5) is 26.6. The van der Waals surface area contributed by atoms with E-state index < -0.39 is 4.92 Å². The number of carbonyl (C=O) groups is 1. The lowest BCUT2D eigenvalue weighted by Gasteiger charge is -2.10. The lowest BCUT2D eigenvalue weighted by atomic mass is 10.1. The number of hydrogen-bond donors (Lipinski definition) is 3. The third-order valence-electron chi connectivity index (χ3n) is 3.32. The number of nitrogens with zero attached hydrogens (tertiary/aromatic N) is 2. The van der Waals surface area contributed by atoms with Crippen molar-refractivity contribution in [2.24, 2.45) is 0 Å². The standard InChI is InChI=1S/C16H19N5O3/c1-11-4-3-5-15(20-11)19-9-8-18-13-7-6-12(16(22)17-2)10-14(13)21(23)24/h3-7,10,18H,8-9H2,1-2H3,(H,17,22)(H,19,20). The highest BCUT2D eigenvalue weighted by molar-refractivity contribution is 5.95. The van der Waals surface area contributed by atoms with Gasteiger partial charge >= 0.3 is 0 Å². The molecule has 0 aliphatic rings. The van der Waals surface area contributed by atoms with Crippen LogP contribution in [-0.2, 0) is 0 Å². The van der Waals surface area contributed by atoms with Gasteiger partial charge in [-0.2, -0.15) is 0 Å². The fourth-order valence-electron chi connectivity index (χ4n) is 2.15. The highest BCUT2D eigenvalue weighted by atomic mass is 16.6. The molecule has 0 saturated heterocycles. The molecule has 1 aromatic heterocycles. The Morgan fingerprint density at radius 1 is 1.21 bits per heavy atom. The molecule has 3 N–H and O–H groups in total. The van der Waals surface area contributed by atoms with Crippen LogP contribution in [0.2, 0.25) is 0 Å². The Kier molecular flexibility index (Phi) is 5.67. The molecular formula is C16H19N5O3. The van der Waals surface area contributed by atoms with Crippen molar-refractivity contribution in [2.45, 2.75) is 6.92 Å². The lowest BCUT2D eigenvalue weighted by molar-refractivity contribution is -0.384. The summed E-state index contributed by atoms with van der Waals surface area (Å²) in [5, 5.41) is 19.8. The van der Waals surface area contributed by atoms with Crippen molar-refractivity contribution in [3.8, 4) is 0 Å². The molecule has 24 heavy (non-hydrogen) atoms. The second-order valence-electron chi connectivity index (χ2n) is 5.09. The van der Waals surface area contributed by atoms with Crippen LogP contribution in [0.3, 0.4) is 0 Å². The summed E-state index contributed by atoms with van der Waals surface area (Å²) >= 11 is 0. The number of anilines is 2. The van der Waals surface area contributed by atoms with Gasteiger partial charge in [-0.3, -0.25) is 14.9 Å². The summed E-state index contributed by atoms with van der Waals surface area (Å²) < 4.78 is 0. The Hall–Kier alpha value is -3.16. The summed E-state index contributed by atoms with van der Waals surface area (Å²) in [6, 6.07) is 10.0. The summed E-state index contributed by atoms with van der Waals surface area (Å²) in [5.41, 5.74) is 1.39. The predicted molar refractivity (Wildman–Crippen MR) is 92.4 cm³/mol. The van der Waals surface area contributed by atoms with Crippen LogP contribution < -0.4 is 16.0 Å². The first kappa shape index (κ1) is 17.2. The summed E-state index contributed by atoms with van der Waals surface area (Å²) in [7, 11) is 1.48. The fourth-order valence-corrected chi connectivity index (χ4v) is 2.15. The largest absolute Gasteiger partial charge is 0.378 e. The number of aryl methyl sites for hydroxylation is 1. The second kappa shape index (κ2) is 7.91. The molecule has 0 radical (unpaired) electrons. The van der Waals surface area contributed by atoms with Crippen LogP contribution in [0.5, 0.6) is 0 Å². The number of nitro groups is 1. The van der Waals surface area contributed by atoms with Gasteiger partial charge in [-0.05, 0) is 31.2 Å². The third kappa shape index (κ3) is 4.42. The molecule has 0 aliphatic heterocycles. The van der Waals surface area contributed by atoms with Gasteiger partial charge in [0.15, 0.2) is 0 Å². The van der Waals surface area contributed by atoms with E-state index in [1.54, 1.807) is 6.07 Å². The van der Waals surface area contributed by atoms with Crippen LogP contribution in [0.25, 0.3) is 0 Å². The average molecular weight is 329 g/mol. The van der Waals surface area contributed by atoms with Crippen LogP contribution in [-0.4, -0.2) is 36.0 Å². The SMILES string of the molecule is CNC(=O)c1ccc(NCCNc2cccc(C)n2)c([N+](=O)[O-])c1. The van der Waals surface area contributed by atoms with Gasteiger partial charge in [0.05, 0.1) is 4.92 Å². The maximum absolute atomic E-state index is 11.6. The van der Waals surface area contributed by atoms with Crippen LogP contribution >= 0.6 is 0 Å². The normalized spacial score (nSPS) is 10.1. The molecule has 0 atom stereocenters.